The summed E-state index contributed by atoms with van der Waals surface area (Å²) in [5.74, 6) is -0.457. The van der Waals surface area contributed by atoms with E-state index in [1.807, 2.05) is 24.3 Å². The maximum absolute atomic E-state index is 11.2. The van der Waals surface area contributed by atoms with Crippen LogP contribution < -0.4 is 0 Å². The third kappa shape index (κ3) is 4.61. The van der Waals surface area contributed by atoms with Crippen LogP contribution in [0, 0.1) is 5.92 Å². The van der Waals surface area contributed by atoms with Gasteiger partial charge in [-0.2, -0.15) is 0 Å². The van der Waals surface area contributed by atoms with Crippen molar-refractivity contribution >= 4 is 34.3 Å². The Morgan fingerprint density at radius 2 is 1.65 bits per heavy atom. The Labute approximate surface area is 108 Å². The molecule has 0 aliphatic heterocycles. The van der Waals surface area contributed by atoms with Gasteiger partial charge in [0.05, 0.1) is 11.2 Å². The summed E-state index contributed by atoms with van der Waals surface area (Å²) in [6, 6.07) is 7.39. The second-order valence-electron chi connectivity index (χ2n) is 3.81. The van der Waals surface area contributed by atoms with Gasteiger partial charge in [-0.1, -0.05) is 40.2 Å². The van der Waals surface area contributed by atoms with Crippen molar-refractivity contribution in [2.75, 3.05) is 5.33 Å². The first-order valence-corrected chi connectivity index (χ1v) is 6.37. The van der Waals surface area contributed by atoms with Gasteiger partial charge in [-0.3, -0.25) is 4.79 Å². The monoisotopic (exact) mass is 296 g/mol. The van der Waals surface area contributed by atoms with E-state index in [1.165, 1.54) is 0 Å². The van der Waals surface area contributed by atoms with Crippen LogP contribution in [0.5, 0.6) is 0 Å². The number of benzene rings is 1. The molecule has 1 rings (SSSR count). The first-order chi connectivity index (χ1) is 8.19. The molecule has 0 atom stereocenters. The zero-order valence-electron chi connectivity index (χ0n) is 9.27. The highest BCUT2D eigenvalue weighted by Crippen LogP contribution is 2.09. The number of carbonyl (C=O) groups excluding carboxylic acids is 3. The van der Waals surface area contributed by atoms with Crippen LogP contribution in [0.15, 0.2) is 24.3 Å². The van der Waals surface area contributed by atoms with Crippen LogP contribution in [0.2, 0.25) is 0 Å². The van der Waals surface area contributed by atoms with Gasteiger partial charge in [0.1, 0.15) is 18.4 Å². The minimum atomic E-state index is -0.579. The zero-order valence-corrected chi connectivity index (χ0v) is 10.9. The average molecular weight is 297 g/mol. The molecule has 0 amide bonds. The molecule has 90 valence electrons. The number of aldehydes is 2. The molecule has 0 heterocycles. The number of Topliss-reactive ketones (excluding diaryl/α,β-unsaturated/α-hetero) is 1. The van der Waals surface area contributed by atoms with Gasteiger partial charge in [0, 0.05) is 6.42 Å². The molecule has 0 saturated carbocycles. The Balaban J connectivity index is 2.64. The summed E-state index contributed by atoms with van der Waals surface area (Å²) in [7, 11) is 0. The van der Waals surface area contributed by atoms with Crippen LogP contribution in [0.25, 0.3) is 0 Å². The van der Waals surface area contributed by atoms with E-state index in [4.69, 9.17) is 0 Å². The maximum atomic E-state index is 11.2. The second kappa shape index (κ2) is 7.12. The van der Waals surface area contributed by atoms with Crippen molar-refractivity contribution in [2.24, 2.45) is 5.92 Å². The van der Waals surface area contributed by atoms with Crippen molar-refractivity contribution in [3.63, 3.8) is 0 Å². The fourth-order valence-electron chi connectivity index (χ4n) is 1.47. The fraction of sp³-hybridized carbons (Fsp3) is 0.308. The third-order valence-corrected chi connectivity index (χ3v) is 3.02. The number of hydrogen-bond acceptors (Lipinski definition) is 3. The first kappa shape index (κ1) is 13.8. The lowest BCUT2D eigenvalue weighted by Crippen LogP contribution is -2.07. The van der Waals surface area contributed by atoms with Gasteiger partial charge in [0.15, 0.2) is 0 Å². The Kier molecular flexibility index (Phi) is 5.77. The molecule has 17 heavy (non-hydrogen) atoms. The molecule has 0 N–H and O–H groups in total. The van der Waals surface area contributed by atoms with Gasteiger partial charge >= 0.3 is 0 Å². The molecule has 0 radical (unpaired) electrons. The molecule has 1 aromatic rings. The summed E-state index contributed by atoms with van der Waals surface area (Å²) in [6.07, 6.45) is 2.11. The number of halogens is 1. The Morgan fingerprint density at radius 3 is 2.12 bits per heavy atom. The number of ketones is 1. The largest absolute Gasteiger partial charge is 0.303 e. The number of carbonyl (C=O) groups is 3. The zero-order chi connectivity index (χ0) is 12.7. The van der Waals surface area contributed by atoms with E-state index in [1.54, 1.807) is 0 Å². The highest BCUT2D eigenvalue weighted by Gasteiger charge is 2.07. The molecule has 0 aromatic heterocycles. The predicted molar refractivity (Wildman–Crippen MR) is 68.3 cm³/mol. The van der Waals surface area contributed by atoms with E-state index in [2.05, 4.69) is 15.9 Å². The molecule has 1 aromatic carbocycles. The summed E-state index contributed by atoms with van der Waals surface area (Å²) in [6.45, 7) is 0. The predicted octanol–water partition coefficient (Wildman–Crippen LogP) is 1.75. The molecular formula is C13H13BrO3. The van der Waals surface area contributed by atoms with E-state index in [0.29, 0.717) is 30.7 Å². The molecule has 0 bridgehead atoms. The van der Waals surface area contributed by atoms with Gasteiger partial charge in [0.2, 0.25) is 0 Å². The fourth-order valence-corrected chi connectivity index (χ4v) is 1.67. The van der Waals surface area contributed by atoms with Crippen molar-refractivity contribution < 1.29 is 14.4 Å². The Morgan fingerprint density at radius 1 is 1.12 bits per heavy atom. The van der Waals surface area contributed by atoms with E-state index >= 15 is 0 Å². The van der Waals surface area contributed by atoms with E-state index in [9.17, 15) is 14.4 Å². The Bertz CT molecular complexity index is 390. The molecule has 4 heteroatoms. The van der Waals surface area contributed by atoms with Crippen LogP contribution >= 0.6 is 15.9 Å². The van der Waals surface area contributed by atoms with Crippen molar-refractivity contribution in [1.82, 2.24) is 0 Å². The summed E-state index contributed by atoms with van der Waals surface area (Å²) < 4.78 is 0. The first-order valence-electron chi connectivity index (χ1n) is 5.25. The van der Waals surface area contributed by atoms with Gasteiger partial charge in [0.25, 0.3) is 0 Å². The summed E-state index contributed by atoms with van der Waals surface area (Å²) in [5, 5.41) is 0.354. The molecule has 3 nitrogen and oxygen atoms in total. The summed E-state index contributed by atoms with van der Waals surface area (Å²) in [5.41, 5.74) is 1.86. The van der Waals surface area contributed by atoms with Crippen LogP contribution in [0.3, 0.4) is 0 Å². The molecule has 0 spiro atoms. The van der Waals surface area contributed by atoms with Crippen molar-refractivity contribution in [3.8, 4) is 0 Å². The molecule has 0 saturated heterocycles. The topological polar surface area (TPSA) is 51.2 Å². The minimum absolute atomic E-state index is 0.122. The van der Waals surface area contributed by atoms with Crippen molar-refractivity contribution in [3.05, 3.63) is 35.4 Å². The second-order valence-corrected chi connectivity index (χ2v) is 4.37. The van der Waals surface area contributed by atoms with Gasteiger partial charge in [-0.05, 0) is 17.5 Å². The quantitative estimate of drug-likeness (QED) is 0.438. The molecular weight excluding hydrogens is 284 g/mol. The average Bonchev–Trinajstić information content (AvgIpc) is 2.37. The highest BCUT2D eigenvalue weighted by molar-refractivity contribution is 9.09. The minimum Gasteiger partial charge on any atom is -0.303 e. The van der Waals surface area contributed by atoms with E-state index in [0.717, 1.165) is 11.1 Å². The van der Waals surface area contributed by atoms with E-state index < -0.39 is 5.92 Å². The van der Waals surface area contributed by atoms with Crippen LogP contribution in [-0.4, -0.2) is 23.7 Å². The lowest BCUT2D eigenvalue weighted by Gasteiger charge is -2.04. The van der Waals surface area contributed by atoms with Crippen LogP contribution in [0.4, 0.5) is 0 Å². The maximum Gasteiger partial charge on any atom is 0.147 e. The highest BCUT2D eigenvalue weighted by atomic mass is 79.9. The van der Waals surface area contributed by atoms with Crippen LogP contribution in [0.1, 0.15) is 11.1 Å². The number of hydrogen-bond donors (Lipinski definition) is 0. The van der Waals surface area contributed by atoms with Crippen molar-refractivity contribution in [2.45, 2.75) is 12.8 Å². The Hall–Kier alpha value is -1.29. The van der Waals surface area contributed by atoms with Gasteiger partial charge in [-0.25, -0.2) is 0 Å². The lowest BCUT2D eigenvalue weighted by molar-refractivity contribution is -0.119. The smallest absolute Gasteiger partial charge is 0.147 e. The summed E-state index contributed by atoms with van der Waals surface area (Å²) >= 11 is 3.11. The van der Waals surface area contributed by atoms with Gasteiger partial charge < -0.3 is 9.59 Å². The van der Waals surface area contributed by atoms with Crippen molar-refractivity contribution in [1.29, 1.82) is 0 Å². The lowest BCUT2D eigenvalue weighted by atomic mass is 10.00. The molecule has 0 aliphatic carbocycles. The molecule has 0 unspecified atom stereocenters. The SMILES string of the molecule is O=CC(C=O)Cc1ccc(CC(=O)CBr)cc1. The molecule has 0 aliphatic rings. The molecule has 0 fully saturated rings. The third-order valence-electron chi connectivity index (χ3n) is 2.39. The van der Waals surface area contributed by atoms with E-state index in [-0.39, 0.29) is 5.78 Å². The number of alkyl halides is 1. The van der Waals surface area contributed by atoms with Gasteiger partial charge in [-0.15, -0.1) is 0 Å². The number of rotatable bonds is 7. The van der Waals surface area contributed by atoms with Crippen LogP contribution in [-0.2, 0) is 27.2 Å². The normalized spacial score (nSPS) is 10.2. The summed E-state index contributed by atoms with van der Waals surface area (Å²) in [4.78, 5) is 32.2. The standard InChI is InChI=1S/C13H13BrO3/c14-7-13(17)6-11-3-1-10(2-4-11)5-12(8-15)9-16/h1-4,8-9,12H,5-7H2.